The Morgan fingerprint density at radius 2 is 2.39 bits per heavy atom. The molecule has 0 spiro atoms. The Morgan fingerprint density at radius 3 is 3.11 bits per heavy atom. The van der Waals surface area contributed by atoms with Crippen molar-refractivity contribution < 1.29 is 14.3 Å². The van der Waals surface area contributed by atoms with Gasteiger partial charge in [-0.1, -0.05) is 0 Å². The van der Waals surface area contributed by atoms with Gasteiger partial charge < -0.3 is 14.8 Å². The van der Waals surface area contributed by atoms with Gasteiger partial charge in [0.15, 0.2) is 0 Å². The Labute approximate surface area is 107 Å². The fourth-order valence-electron chi connectivity index (χ4n) is 2.20. The minimum atomic E-state index is 0.0220. The molecule has 18 heavy (non-hydrogen) atoms. The molecule has 0 fully saturated rings. The molecule has 0 unspecified atom stereocenters. The van der Waals surface area contributed by atoms with Crippen LogP contribution >= 0.6 is 0 Å². The fraction of sp³-hybridized carbons (Fsp3) is 0.500. The van der Waals surface area contributed by atoms with E-state index in [2.05, 4.69) is 5.32 Å². The van der Waals surface area contributed by atoms with E-state index in [4.69, 9.17) is 9.47 Å². The van der Waals surface area contributed by atoms with Crippen LogP contribution in [-0.4, -0.2) is 26.2 Å². The van der Waals surface area contributed by atoms with E-state index in [1.54, 1.807) is 7.11 Å². The van der Waals surface area contributed by atoms with Gasteiger partial charge in [-0.2, -0.15) is 0 Å². The van der Waals surface area contributed by atoms with Crippen LogP contribution < -0.4 is 14.8 Å². The fourth-order valence-corrected chi connectivity index (χ4v) is 2.20. The Balaban J connectivity index is 1.93. The van der Waals surface area contributed by atoms with E-state index in [0.29, 0.717) is 12.5 Å². The first kappa shape index (κ1) is 12.7. The average molecular weight is 249 g/mol. The van der Waals surface area contributed by atoms with Crippen molar-refractivity contribution in [3.8, 4) is 11.5 Å². The minimum absolute atomic E-state index is 0.0220. The second kappa shape index (κ2) is 5.76. The smallest absolute Gasteiger partial charge is 0.216 e. The Bertz CT molecular complexity index is 431. The number of ether oxygens (including phenoxy) is 2. The summed E-state index contributed by atoms with van der Waals surface area (Å²) in [6.45, 7) is 2.97. The van der Waals surface area contributed by atoms with Crippen LogP contribution in [0, 0.1) is 5.92 Å². The molecule has 98 valence electrons. The van der Waals surface area contributed by atoms with Crippen LogP contribution in [-0.2, 0) is 11.2 Å². The van der Waals surface area contributed by atoms with E-state index >= 15 is 0 Å². The molecule has 1 aromatic rings. The summed E-state index contributed by atoms with van der Waals surface area (Å²) in [5.74, 6) is 2.29. The molecule has 1 atom stereocenters. The van der Waals surface area contributed by atoms with Gasteiger partial charge in [0.05, 0.1) is 13.7 Å². The van der Waals surface area contributed by atoms with Gasteiger partial charge in [0.25, 0.3) is 0 Å². The number of hydrogen-bond donors (Lipinski definition) is 1. The topological polar surface area (TPSA) is 47.6 Å². The van der Waals surface area contributed by atoms with E-state index in [1.807, 2.05) is 18.2 Å². The summed E-state index contributed by atoms with van der Waals surface area (Å²) in [5, 5.41) is 2.82. The predicted molar refractivity (Wildman–Crippen MR) is 69.0 cm³/mol. The molecule has 1 aliphatic rings. The highest BCUT2D eigenvalue weighted by atomic mass is 16.5. The zero-order valence-corrected chi connectivity index (χ0v) is 10.9. The third kappa shape index (κ3) is 3.15. The maximum Gasteiger partial charge on any atom is 0.216 e. The molecule has 0 saturated carbocycles. The Hall–Kier alpha value is -1.71. The number of fused-ring (bicyclic) bond motifs is 1. The van der Waals surface area contributed by atoms with Gasteiger partial charge in [-0.05, 0) is 42.5 Å². The van der Waals surface area contributed by atoms with Crippen LogP contribution in [0.2, 0.25) is 0 Å². The van der Waals surface area contributed by atoms with E-state index in [-0.39, 0.29) is 5.91 Å². The number of carbonyl (C=O) groups excluding carboxylic acids is 1. The lowest BCUT2D eigenvalue weighted by Crippen LogP contribution is -2.27. The number of methoxy groups -OCH3 is 1. The number of benzene rings is 1. The maximum atomic E-state index is 10.8. The van der Waals surface area contributed by atoms with Crippen molar-refractivity contribution >= 4 is 5.91 Å². The predicted octanol–water partition coefficient (Wildman–Crippen LogP) is 1.77. The van der Waals surface area contributed by atoms with E-state index in [0.717, 1.165) is 30.9 Å². The molecule has 0 radical (unpaired) electrons. The largest absolute Gasteiger partial charge is 0.497 e. The molecule has 2 rings (SSSR count). The minimum Gasteiger partial charge on any atom is -0.497 e. The van der Waals surface area contributed by atoms with E-state index < -0.39 is 0 Å². The Morgan fingerprint density at radius 1 is 1.56 bits per heavy atom. The van der Waals surface area contributed by atoms with Crippen LogP contribution in [0.15, 0.2) is 18.2 Å². The quantitative estimate of drug-likeness (QED) is 0.884. The van der Waals surface area contributed by atoms with Crippen molar-refractivity contribution in [3.63, 3.8) is 0 Å². The lowest BCUT2D eigenvalue weighted by atomic mass is 9.94. The summed E-state index contributed by atoms with van der Waals surface area (Å²) in [5.41, 5.74) is 1.19. The third-order valence-corrected chi connectivity index (χ3v) is 3.18. The molecule has 4 nitrogen and oxygen atoms in total. The van der Waals surface area contributed by atoms with Gasteiger partial charge in [-0.15, -0.1) is 0 Å². The molecule has 1 aromatic carbocycles. The highest BCUT2D eigenvalue weighted by Gasteiger charge is 2.20. The molecule has 0 aliphatic carbocycles. The van der Waals surface area contributed by atoms with Crippen LogP contribution in [0.5, 0.6) is 11.5 Å². The monoisotopic (exact) mass is 249 g/mol. The van der Waals surface area contributed by atoms with Crippen molar-refractivity contribution in [2.24, 2.45) is 5.92 Å². The zero-order valence-electron chi connectivity index (χ0n) is 10.9. The lowest BCUT2D eigenvalue weighted by Gasteiger charge is -2.25. The van der Waals surface area contributed by atoms with Gasteiger partial charge >= 0.3 is 0 Å². The van der Waals surface area contributed by atoms with Crippen LogP contribution in [0.25, 0.3) is 0 Å². The zero-order chi connectivity index (χ0) is 13.0. The van der Waals surface area contributed by atoms with E-state index in [1.165, 1.54) is 12.5 Å². The number of nitrogens with one attached hydrogen (secondary N) is 1. The molecule has 1 aliphatic heterocycles. The summed E-state index contributed by atoms with van der Waals surface area (Å²) in [4.78, 5) is 10.8. The van der Waals surface area contributed by atoms with Gasteiger partial charge in [0, 0.05) is 13.5 Å². The molecule has 0 saturated heterocycles. The first-order valence-electron chi connectivity index (χ1n) is 6.23. The van der Waals surface area contributed by atoms with Gasteiger partial charge in [-0.3, -0.25) is 4.79 Å². The molecule has 0 aromatic heterocycles. The second-order valence-electron chi connectivity index (χ2n) is 4.63. The van der Waals surface area contributed by atoms with Crippen LogP contribution in [0.3, 0.4) is 0 Å². The van der Waals surface area contributed by atoms with Crippen LogP contribution in [0.4, 0.5) is 0 Å². The molecule has 1 heterocycles. The van der Waals surface area contributed by atoms with E-state index in [9.17, 15) is 4.79 Å². The summed E-state index contributed by atoms with van der Waals surface area (Å²) >= 11 is 0. The summed E-state index contributed by atoms with van der Waals surface area (Å²) < 4.78 is 10.9. The molecule has 1 N–H and O–H groups in total. The summed E-state index contributed by atoms with van der Waals surface area (Å²) in [6.07, 6.45) is 1.92. The summed E-state index contributed by atoms with van der Waals surface area (Å²) in [6, 6.07) is 5.90. The number of hydrogen-bond acceptors (Lipinski definition) is 3. The first-order valence-corrected chi connectivity index (χ1v) is 6.23. The van der Waals surface area contributed by atoms with Crippen molar-refractivity contribution in [2.45, 2.75) is 19.8 Å². The summed E-state index contributed by atoms with van der Waals surface area (Å²) in [7, 11) is 1.67. The highest BCUT2D eigenvalue weighted by Crippen LogP contribution is 2.31. The maximum absolute atomic E-state index is 10.8. The molecular formula is C14H19NO3. The van der Waals surface area contributed by atoms with Crippen molar-refractivity contribution in [3.05, 3.63) is 23.8 Å². The standard InChI is InChI=1S/C14H19NO3/c1-10(16)15-6-5-11-7-12-8-13(17-2)3-4-14(12)18-9-11/h3-4,8,11H,5-7,9H2,1-2H3,(H,15,16)/t11-/m0/s1. The van der Waals surface area contributed by atoms with Crippen molar-refractivity contribution in [2.75, 3.05) is 20.3 Å². The Kier molecular flexibility index (Phi) is 4.07. The third-order valence-electron chi connectivity index (χ3n) is 3.18. The van der Waals surface area contributed by atoms with Crippen molar-refractivity contribution in [1.29, 1.82) is 0 Å². The van der Waals surface area contributed by atoms with Gasteiger partial charge in [-0.25, -0.2) is 0 Å². The SMILES string of the molecule is COc1ccc2c(c1)C[C@H](CCNC(C)=O)CO2. The normalized spacial score (nSPS) is 17.6. The van der Waals surface area contributed by atoms with Crippen LogP contribution in [0.1, 0.15) is 18.9 Å². The molecule has 4 heteroatoms. The van der Waals surface area contributed by atoms with Crippen molar-refractivity contribution in [1.82, 2.24) is 5.32 Å². The highest BCUT2D eigenvalue weighted by molar-refractivity contribution is 5.72. The van der Waals surface area contributed by atoms with Gasteiger partial charge in [0.2, 0.25) is 5.91 Å². The molecule has 0 bridgehead atoms. The van der Waals surface area contributed by atoms with Gasteiger partial charge in [0.1, 0.15) is 11.5 Å². The average Bonchev–Trinajstić information content (AvgIpc) is 2.37. The second-order valence-corrected chi connectivity index (χ2v) is 4.63. The number of rotatable bonds is 4. The lowest BCUT2D eigenvalue weighted by molar-refractivity contribution is -0.119. The number of amides is 1. The number of carbonyl (C=O) groups is 1. The molecular weight excluding hydrogens is 230 g/mol. The first-order chi connectivity index (χ1) is 8.69. The molecule has 1 amide bonds.